The smallest absolute Gasteiger partial charge is 0.330 e. The quantitative estimate of drug-likeness (QED) is 0.475. The third kappa shape index (κ3) is 12.7. The minimum Gasteiger partial charge on any atom is -0.481 e. The van der Waals surface area contributed by atoms with Crippen LogP contribution in [0, 0.1) is 5.92 Å². The van der Waals surface area contributed by atoms with Crippen LogP contribution in [0.2, 0.25) is 0 Å². The predicted molar refractivity (Wildman–Crippen MR) is 83.0 cm³/mol. The number of carboxylic acids is 1. The minimum atomic E-state index is -0.713. The number of carbonyl (C=O) groups is 2. The highest BCUT2D eigenvalue weighted by Crippen LogP contribution is 2.02. The van der Waals surface area contributed by atoms with Crippen LogP contribution in [0.25, 0.3) is 0 Å². The topological polar surface area (TPSA) is 63.6 Å². The molecule has 0 fully saturated rings. The zero-order valence-corrected chi connectivity index (χ0v) is 12.7. The van der Waals surface area contributed by atoms with Crippen LogP contribution in [0.1, 0.15) is 32.3 Å². The molecule has 0 unspecified atom stereocenters. The summed E-state index contributed by atoms with van der Waals surface area (Å²) in [6.07, 6.45) is 3.25. The minimum absolute atomic E-state index is 0.275. The summed E-state index contributed by atoms with van der Waals surface area (Å²) in [7, 11) is 0. The molecule has 0 spiro atoms. The van der Waals surface area contributed by atoms with E-state index in [9.17, 15) is 9.59 Å². The van der Waals surface area contributed by atoms with E-state index in [1.165, 1.54) is 11.6 Å². The van der Waals surface area contributed by atoms with Crippen molar-refractivity contribution in [3.63, 3.8) is 0 Å². The Hall–Kier alpha value is -2.10. The molecule has 0 aliphatic carbocycles. The normalized spacial score (nSPS) is 9.48. The summed E-state index contributed by atoms with van der Waals surface area (Å²) in [5, 5.41) is 8.08. The molecule has 0 radical (unpaired) electrons. The summed E-state index contributed by atoms with van der Waals surface area (Å²) in [5.74, 6) is -0.787. The van der Waals surface area contributed by atoms with E-state index in [2.05, 4.69) is 18.7 Å². The van der Waals surface area contributed by atoms with Crippen LogP contribution in [0.5, 0.6) is 0 Å². The summed E-state index contributed by atoms with van der Waals surface area (Å²) in [5.41, 5.74) is 1.27. The Labute approximate surface area is 126 Å². The average Bonchev–Trinajstić information content (AvgIpc) is 2.43. The first-order valence-electron chi connectivity index (χ1n) is 7.00. The first-order chi connectivity index (χ1) is 9.95. The Morgan fingerprint density at radius 1 is 1.29 bits per heavy atom. The van der Waals surface area contributed by atoms with Gasteiger partial charge in [-0.3, -0.25) is 4.79 Å². The van der Waals surface area contributed by atoms with E-state index in [-0.39, 0.29) is 18.3 Å². The van der Waals surface area contributed by atoms with E-state index < -0.39 is 5.97 Å². The third-order valence-electron chi connectivity index (χ3n) is 2.45. The van der Waals surface area contributed by atoms with Crippen molar-refractivity contribution in [2.24, 2.45) is 5.92 Å². The van der Waals surface area contributed by atoms with Gasteiger partial charge in [0.2, 0.25) is 0 Å². The molecule has 0 heterocycles. The first-order valence-corrected chi connectivity index (χ1v) is 7.00. The van der Waals surface area contributed by atoms with Crippen molar-refractivity contribution in [3.8, 4) is 0 Å². The van der Waals surface area contributed by atoms with E-state index in [4.69, 9.17) is 9.84 Å². The third-order valence-corrected chi connectivity index (χ3v) is 2.45. The molecule has 1 aromatic rings. The molecular formula is C17H24O4. The molecular weight excluding hydrogens is 268 g/mol. The highest BCUT2D eigenvalue weighted by atomic mass is 16.5. The number of esters is 1. The molecule has 116 valence electrons. The maximum Gasteiger partial charge on any atom is 0.330 e. The lowest BCUT2D eigenvalue weighted by molar-refractivity contribution is -0.138. The second-order valence-electron chi connectivity index (χ2n) is 4.95. The Morgan fingerprint density at radius 3 is 2.33 bits per heavy atom. The summed E-state index contributed by atoms with van der Waals surface area (Å²) < 4.78 is 4.86. The fourth-order valence-corrected chi connectivity index (χ4v) is 1.50. The van der Waals surface area contributed by atoms with Crippen molar-refractivity contribution in [3.05, 3.63) is 48.6 Å². The molecule has 1 aromatic carbocycles. The van der Waals surface area contributed by atoms with Crippen molar-refractivity contribution >= 4 is 11.9 Å². The maximum absolute atomic E-state index is 10.7. The van der Waals surface area contributed by atoms with E-state index in [0.717, 1.165) is 12.8 Å². The summed E-state index contributed by atoms with van der Waals surface area (Å²) in [6.45, 7) is 7.55. The van der Waals surface area contributed by atoms with Crippen molar-refractivity contribution < 1.29 is 19.4 Å². The Balaban J connectivity index is 0.000000486. The molecule has 0 aromatic heterocycles. The molecule has 0 aliphatic heterocycles. The molecule has 1 rings (SSSR count). The molecule has 21 heavy (non-hydrogen) atoms. The molecule has 0 atom stereocenters. The molecule has 4 nitrogen and oxygen atoms in total. The lowest BCUT2D eigenvalue weighted by atomic mass is 10.1. The van der Waals surface area contributed by atoms with Crippen LogP contribution in [0.3, 0.4) is 0 Å². The maximum atomic E-state index is 10.7. The van der Waals surface area contributed by atoms with Gasteiger partial charge in [-0.05, 0) is 24.3 Å². The van der Waals surface area contributed by atoms with Crippen molar-refractivity contribution in [1.82, 2.24) is 0 Å². The lowest BCUT2D eigenvalue weighted by Crippen LogP contribution is -2.02. The molecule has 4 heteroatoms. The molecule has 0 amide bonds. The number of benzene rings is 1. The number of aryl methyl sites for hydroxylation is 1. The zero-order valence-electron chi connectivity index (χ0n) is 12.7. The standard InChI is InChI=1S/C12H14O2.C5H10O2/c1-2-12(13)14-10-6-9-11-7-4-3-5-8-11;1-4(2)3-5(6)7/h2-5,7-8H,1,6,9-10H2;4H,3H2,1-2H3,(H,6,7). The van der Waals surface area contributed by atoms with Gasteiger partial charge in [-0.25, -0.2) is 4.79 Å². The lowest BCUT2D eigenvalue weighted by Gasteiger charge is -2.01. The van der Waals surface area contributed by atoms with Gasteiger partial charge >= 0.3 is 11.9 Å². The van der Waals surface area contributed by atoms with Gasteiger partial charge in [0.05, 0.1) is 6.61 Å². The van der Waals surface area contributed by atoms with Crippen LogP contribution < -0.4 is 0 Å². The average molecular weight is 292 g/mol. The summed E-state index contributed by atoms with van der Waals surface area (Å²) >= 11 is 0. The number of ether oxygens (including phenoxy) is 1. The second-order valence-corrected chi connectivity index (χ2v) is 4.95. The molecule has 0 saturated heterocycles. The van der Waals surface area contributed by atoms with E-state index in [0.29, 0.717) is 6.61 Å². The van der Waals surface area contributed by atoms with Crippen molar-refractivity contribution in [2.75, 3.05) is 6.61 Å². The van der Waals surface area contributed by atoms with Gasteiger partial charge in [-0.1, -0.05) is 50.8 Å². The Morgan fingerprint density at radius 2 is 1.90 bits per heavy atom. The molecule has 1 N–H and O–H groups in total. The molecule has 0 saturated carbocycles. The van der Waals surface area contributed by atoms with E-state index >= 15 is 0 Å². The second kappa shape index (κ2) is 11.7. The van der Waals surface area contributed by atoms with Gasteiger partial charge < -0.3 is 9.84 Å². The van der Waals surface area contributed by atoms with Crippen molar-refractivity contribution in [1.29, 1.82) is 0 Å². The highest BCUT2D eigenvalue weighted by Gasteiger charge is 1.98. The summed E-state index contributed by atoms with van der Waals surface area (Å²) in [4.78, 5) is 20.5. The number of carboxylic acid groups (broad SMARTS) is 1. The number of aliphatic carboxylic acids is 1. The van der Waals surface area contributed by atoms with Crippen LogP contribution in [0.15, 0.2) is 43.0 Å². The zero-order chi connectivity index (χ0) is 16.1. The van der Waals surface area contributed by atoms with E-state index in [1.807, 2.05) is 32.0 Å². The first kappa shape index (κ1) is 18.9. The fourth-order valence-electron chi connectivity index (χ4n) is 1.50. The monoisotopic (exact) mass is 292 g/mol. The van der Waals surface area contributed by atoms with Crippen molar-refractivity contribution in [2.45, 2.75) is 33.1 Å². The van der Waals surface area contributed by atoms with Gasteiger partial charge in [-0.2, -0.15) is 0 Å². The number of rotatable bonds is 7. The van der Waals surface area contributed by atoms with Gasteiger partial charge in [0.1, 0.15) is 0 Å². The van der Waals surface area contributed by atoms with Gasteiger partial charge in [0.15, 0.2) is 0 Å². The molecule has 0 bridgehead atoms. The largest absolute Gasteiger partial charge is 0.481 e. The Kier molecular flexibility index (Phi) is 10.5. The van der Waals surface area contributed by atoms with Crippen LogP contribution in [-0.4, -0.2) is 23.7 Å². The van der Waals surface area contributed by atoms with Crippen LogP contribution >= 0.6 is 0 Å². The van der Waals surface area contributed by atoms with E-state index in [1.54, 1.807) is 0 Å². The predicted octanol–water partition coefficient (Wildman–Crippen LogP) is 3.47. The van der Waals surface area contributed by atoms with Gasteiger partial charge in [-0.15, -0.1) is 0 Å². The van der Waals surface area contributed by atoms with Gasteiger partial charge in [0, 0.05) is 12.5 Å². The number of carbonyl (C=O) groups excluding carboxylic acids is 1. The van der Waals surface area contributed by atoms with Crippen LogP contribution in [-0.2, 0) is 20.7 Å². The Bertz CT molecular complexity index is 424. The van der Waals surface area contributed by atoms with Crippen LogP contribution in [0.4, 0.5) is 0 Å². The number of hydrogen-bond acceptors (Lipinski definition) is 3. The van der Waals surface area contributed by atoms with Gasteiger partial charge in [0.25, 0.3) is 0 Å². The summed E-state index contributed by atoms with van der Waals surface area (Å²) in [6, 6.07) is 10.1. The molecule has 0 aliphatic rings. The highest BCUT2D eigenvalue weighted by molar-refractivity contribution is 5.81. The SMILES string of the molecule is C=CC(=O)OCCCc1ccccc1.CC(C)CC(=O)O. The fraction of sp³-hybridized carbons (Fsp3) is 0.412. The number of hydrogen-bond donors (Lipinski definition) is 1.